The van der Waals surface area contributed by atoms with Gasteiger partial charge in [-0.15, -0.1) is 0 Å². The van der Waals surface area contributed by atoms with Crippen LogP contribution < -0.4 is 10.6 Å². The summed E-state index contributed by atoms with van der Waals surface area (Å²) >= 11 is 0. The lowest BCUT2D eigenvalue weighted by Crippen LogP contribution is -2.44. The van der Waals surface area contributed by atoms with E-state index in [2.05, 4.69) is 29.7 Å². The van der Waals surface area contributed by atoms with Crippen molar-refractivity contribution in [2.24, 2.45) is 0 Å². The molecule has 1 aliphatic heterocycles. The first kappa shape index (κ1) is 14.0. The molecule has 4 heteroatoms. The first-order chi connectivity index (χ1) is 9.25. The molecule has 4 nitrogen and oxygen atoms in total. The van der Waals surface area contributed by atoms with Crippen molar-refractivity contribution >= 4 is 5.91 Å². The Kier molecular flexibility index (Phi) is 5.36. The fourth-order valence-corrected chi connectivity index (χ4v) is 2.21. The van der Waals surface area contributed by atoms with E-state index in [1.807, 2.05) is 18.2 Å². The third kappa shape index (κ3) is 4.65. The maximum absolute atomic E-state index is 11.8. The molecule has 1 aromatic rings. The van der Waals surface area contributed by atoms with Crippen LogP contribution in [-0.2, 0) is 9.53 Å². The Balaban J connectivity index is 1.71. The molecule has 0 aliphatic carbocycles. The molecule has 2 atom stereocenters. The van der Waals surface area contributed by atoms with E-state index >= 15 is 0 Å². The van der Waals surface area contributed by atoms with Crippen molar-refractivity contribution in [1.29, 1.82) is 0 Å². The van der Waals surface area contributed by atoms with Gasteiger partial charge in [0.1, 0.15) is 0 Å². The van der Waals surface area contributed by atoms with Crippen LogP contribution in [-0.4, -0.2) is 38.3 Å². The third-order valence-electron chi connectivity index (χ3n) is 3.40. The Bertz CT molecular complexity index is 388. The van der Waals surface area contributed by atoms with Crippen molar-refractivity contribution in [3.8, 4) is 0 Å². The molecule has 1 aromatic carbocycles. The first-order valence-electron chi connectivity index (χ1n) is 6.88. The van der Waals surface area contributed by atoms with E-state index in [4.69, 9.17) is 4.74 Å². The molecule has 0 aromatic heterocycles. The highest BCUT2D eigenvalue weighted by molar-refractivity contribution is 5.76. The van der Waals surface area contributed by atoms with Gasteiger partial charge in [0.15, 0.2) is 0 Å². The molecule has 2 unspecified atom stereocenters. The quantitative estimate of drug-likeness (QED) is 0.840. The minimum absolute atomic E-state index is 0.0887. The molecule has 1 aliphatic rings. The van der Waals surface area contributed by atoms with Crippen molar-refractivity contribution < 1.29 is 9.53 Å². The topological polar surface area (TPSA) is 50.4 Å². The van der Waals surface area contributed by atoms with Crippen LogP contribution in [0.4, 0.5) is 0 Å². The lowest BCUT2D eigenvalue weighted by atomic mass is 10.0. The van der Waals surface area contributed by atoms with E-state index in [9.17, 15) is 4.79 Å². The molecule has 1 amide bonds. The largest absolute Gasteiger partial charge is 0.378 e. The maximum Gasteiger partial charge on any atom is 0.221 e. The van der Waals surface area contributed by atoms with Crippen molar-refractivity contribution in [2.75, 3.05) is 26.3 Å². The lowest BCUT2D eigenvalue weighted by molar-refractivity contribution is -0.122. The summed E-state index contributed by atoms with van der Waals surface area (Å²) < 4.78 is 5.34. The molecule has 0 spiro atoms. The zero-order valence-electron chi connectivity index (χ0n) is 11.4. The molecule has 0 bridgehead atoms. The molecule has 0 saturated carbocycles. The second kappa shape index (κ2) is 7.26. The molecule has 1 fully saturated rings. The van der Waals surface area contributed by atoms with Crippen LogP contribution in [0.3, 0.4) is 0 Å². The first-order valence-corrected chi connectivity index (χ1v) is 6.88. The van der Waals surface area contributed by atoms with E-state index in [1.54, 1.807) is 0 Å². The highest BCUT2D eigenvalue weighted by atomic mass is 16.5. The lowest BCUT2D eigenvalue weighted by Gasteiger charge is -2.23. The number of ether oxygens (including phenoxy) is 1. The second-order valence-electron chi connectivity index (χ2n) is 5.05. The Morgan fingerprint density at radius 3 is 2.95 bits per heavy atom. The summed E-state index contributed by atoms with van der Waals surface area (Å²) in [6.45, 7) is 5.00. The zero-order chi connectivity index (χ0) is 13.5. The standard InChI is InChI=1S/C15H22N2O2/c1-12(13-5-3-2-4-6-13)10-17-15(18)9-14-11-19-8-7-16-14/h2-6,12,14,16H,7-11H2,1H3,(H,17,18). The number of morpholine rings is 1. The number of hydrogen-bond donors (Lipinski definition) is 2. The third-order valence-corrected chi connectivity index (χ3v) is 3.40. The second-order valence-corrected chi connectivity index (χ2v) is 5.05. The van der Waals surface area contributed by atoms with Crippen molar-refractivity contribution in [1.82, 2.24) is 10.6 Å². The van der Waals surface area contributed by atoms with Gasteiger partial charge in [-0.1, -0.05) is 37.3 Å². The van der Waals surface area contributed by atoms with E-state index in [1.165, 1.54) is 5.56 Å². The number of carbonyl (C=O) groups is 1. The van der Waals surface area contributed by atoms with Crippen molar-refractivity contribution in [3.05, 3.63) is 35.9 Å². The summed E-state index contributed by atoms with van der Waals surface area (Å²) in [7, 11) is 0. The molecule has 2 N–H and O–H groups in total. The number of rotatable bonds is 5. The Morgan fingerprint density at radius 2 is 2.26 bits per heavy atom. The van der Waals surface area contributed by atoms with Crippen LogP contribution >= 0.6 is 0 Å². The highest BCUT2D eigenvalue weighted by Crippen LogP contribution is 2.13. The monoisotopic (exact) mass is 262 g/mol. The molecule has 0 radical (unpaired) electrons. The van der Waals surface area contributed by atoms with Crippen molar-refractivity contribution in [2.45, 2.75) is 25.3 Å². The average molecular weight is 262 g/mol. The average Bonchev–Trinajstić information content (AvgIpc) is 2.47. The molecule has 104 valence electrons. The van der Waals surface area contributed by atoms with Crippen LogP contribution in [0.1, 0.15) is 24.8 Å². The minimum Gasteiger partial charge on any atom is -0.378 e. The van der Waals surface area contributed by atoms with Gasteiger partial charge in [0.25, 0.3) is 0 Å². The van der Waals surface area contributed by atoms with Gasteiger partial charge in [-0.05, 0) is 11.5 Å². The molecule has 1 heterocycles. The van der Waals surface area contributed by atoms with Gasteiger partial charge in [-0.3, -0.25) is 4.79 Å². The van der Waals surface area contributed by atoms with Gasteiger partial charge in [-0.25, -0.2) is 0 Å². The SMILES string of the molecule is CC(CNC(=O)CC1COCCN1)c1ccccc1. The van der Waals surface area contributed by atoms with E-state index in [-0.39, 0.29) is 11.9 Å². The van der Waals surface area contributed by atoms with Gasteiger partial charge in [0, 0.05) is 25.6 Å². The summed E-state index contributed by atoms with van der Waals surface area (Å²) in [4.78, 5) is 11.8. The molecular weight excluding hydrogens is 240 g/mol. The van der Waals surface area contributed by atoms with Crippen LogP contribution in [0.25, 0.3) is 0 Å². The zero-order valence-corrected chi connectivity index (χ0v) is 11.4. The normalized spacial score (nSPS) is 20.8. The molecule has 1 saturated heterocycles. The minimum atomic E-state index is 0.0887. The Hall–Kier alpha value is -1.39. The smallest absolute Gasteiger partial charge is 0.221 e. The van der Waals surface area contributed by atoms with Crippen LogP contribution in [0.2, 0.25) is 0 Å². The Labute approximate surface area is 114 Å². The van der Waals surface area contributed by atoms with Gasteiger partial charge >= 0.3 is 0 Å². The van der Waals surface area contributed by atoms with Crippen LogP contribution in [0, 0.1) is 0 Å². The summed E-state index contributed by atoms with van der Waals surface area (Å²) in [6, 6.07) is 10.4. The van der Waals surface area contributed by atoms with Gasteiger partial charge in [-0.2, -0.15) is 0 Å². The van der Waals surface area contributed by atoms with E-state index in [0.29, 0.717) is 25.5 Å². The summed E-state index contributed by atoms with van der Waals surface area (Å²) in [6.07, 6.45) is 0.488. The Morgan fingerprint density at radius 1 is 1.47 bits per heavy atom. The van der Waals surface area contributed by atoms with E-state index in [0.717, 1.165) is 13.2 Å². The predicted octanol–water partition coefficient (Wildman–Crippen LogP) is 1.28. The van der Waals surface area contributed by atoms with Crippen LogP contribution in [0.5, 0.6) is 0 Å². The maximum atomic E-state index is 11.8. The van der Waals surface area contributed by atoms with Crippen LogP contribution in [0.15, 0.2) is 30.3 Å². The summed E-state index contributed by atoms with van der Waals surface area (Å²) in [5.74, 6) is 0.423. The van der Waals surface area contributed by atoms with Gasteiger partial charge in [0.2, 0.25) is 5.91 Å². The van der Waals surface area contributed by atoms with Gasteiger partial charge < -0.3 is 15.4 Å². The molecule has 2 rings (SSSR count). The molecular formula is C15H22N2O2. The number of hydrogen-bond acceptors (Lipinski definition) is 3. The number of carbonyl (C=O) groups excluding carboxylic acids is 1. The number of amides is 1. The summed E-state index contributed by atoms with van der Waals surface area (Å²) in [5, 5.41) is 6.28. The fraction of sp³-hybridized carbons (Fsp3) is 0.533. The molecule has 19 heavy (non-hydrogen) atoms. The number of benzene rings is 1. The highest BCUT2D eigenvalue weighted by Gasteiger charge is 2.17. The van der Waals surface area contributed by atoms with Gasteiger partial charge in [0.05, 0.1) is 13.2 Å². The number of nitrogens with one attached hydrogen (secondary N) is 2. The fourth-order valence-electron chi connectivity index (χ4n) is 2.21. The van der Waals surface area contributed by atoms with E-state index < -0.39 is 0 Å². The van der Waals surface area contributed by atoms with Crippen molar-refractivity contribution in [3.63, 3.8) is 0 Å². The predicted molar refractivity (Wildman–Crippen MR) is 75.1 cm³/mol. The summed E-state index contributed by atoms with van der Waals surface area (Å²) in [5.41, 5.74) is 1.25.